The van der Waals surface area contributed by atoms with Gasteiger partial charge in [-0.3, -0.25) is 14.5 Å². The largest absolute Gasteiger partial charge is 0.396 e. The van der Waals surface area contributed by atoms with E-state index in [2.05, 4.69) is 0 Å². The summed E-state index contributed by atoms with van der Waals surface area (Å²) in [7, 11) is 0. The number of hydrogen-bond acceptors (Lipinski definition) is 3. The van der Waals surface area contributed by atoms with Crippen LogP contribution in [0.4, 0.5) is 0 Å². The van der Waals surface area contributed by atoms with Gasteiger partial charge in [-0.05, 0) is 31.9 Å². The van der Waals surface area contributed by atoms with Crippen molar-refractivity contribution >= 4 is 11.8 Å². The number of hydrogen-bond donors (Lipinski definition) is 1. The summed E-state index contributed by atoms with van der Waals surface area (Å²) < 4.78 is 0. The van der Waals surface area contributed by atoms with Crippen LogP contribution in [0.15, 0.2) is 18.2 Å². The smallest absolute Gasteiger partial charge is 0.261 e. The third kappa shape index (κ3) is 2.84. The van der Waals surface area contributed by atoms with Gasteiger partial charge < -0.3 is 5.11 Å². The fraction of sp³-hybridized carbons (Fsp3) is 0.467. The monoisotopic (exact) mass is 261 g/mol. The van der Waals surface area contributed by atoms with Crippen molar-refractivity contribution in [2.45, 2.75) is 32.6 Å². The maximum absolute atomic E-state index is 12.1. The van der Waals surface area contributed by atoms with Crippen molar-refractivity contribution in [3.05, 3.63) is 34.9 Å². The molecule has 0 radical (unpaired) electrons. The summed E-state index contributed by atoms with van der Waals surface area (Å²) in [6, 6.07) is 5.37. The molecule has 0 fully saturated rings. The standard InChI is InChI=1S/C15H19NO3/c1-11-6-7-12-13(10-11)15(19)16(14(12)18)8-4-2-3-5-9-17/h6-7,10,17H,2-5,8-9H2,1H3. The molecular weight excluding hydrogens is 242 g/mol. The third-order valence-electron chi connectivity index (χ3n) is 3.42. The number of carbonyl (C=O) groups excluding carboxylic acids is 2. The normalized spacial score (nSPS) is 14.1. The molecule has 1 aliphatic heterocycles. The fourth-order valence-corrected chi connectivity index (χ4v) is 2.34. The molecule has 1 heterocycles. The van der Waals surface area contributed by atoms with E-state index in [0.717, 1.165) is 31.2 Å². The Labute approximate surface area is 113 Å². The molecular formula is C15H19NO3. The van der Waals surface area contributed by atoms with Gasteiger partial charge in [0.1, 0.15) is 0 Å². The number of nitrogens with zero attached hydrogens (tertiary/aromatic N) is 1. The first kappa shape index (κ1) is 13.7. The molecule has 0 spiro atoms. The van der Waals surface area contributed by atoms with Crippen molar-refractivity contribution in [1.82, 2.24) is 4.90 Å². The summed E-state index contributed by atoms with van der Waals surface area (Å²) in [5.41, 5.74) is 2.04. The van der Waals surface area contributed by atoms with Crippen molar-refractivity contribution < 1.29 is 14.7 Å². The minimum atomic E-state index is -0.179. The van der Waals surface area contributed by atoms with Gasteiger partial charge in [-0.25, -0.2) is 0 Å². The van der Waals surface area contributed by atoms with Crippen LogP contribution in [0, 0.1) is 6.92 Å². The van der Waals surface area contributed by atoms with Gasteiger partial charge in [0.25, 0.3) is 11.8 Å². The second-order valence-corrected chi connectivity index (χ2v) is 4.95. The van der Waals surface area contributed by atoms with Crippen molar-refractivity contribution in [2.24, 2.45) is 0 Å². The molecule has 0 atom stereocenters. The summed E-state index contributed by atoms with van der Waals surface area (Å²) in [5, 5.41) is 8.69. The molecule has 102 valence electrons. The van der Waals surface area contributed by atoms with E-state index in [1.54, 1.807) is 12.1 Å². The van der Waals surface area contributed by atoms with Gasteiger partial charge in [0.05, 0.1) is 11.1 Å². The van der Waals surface area contributed by atoms with Crippen LogP contribution in [-0.4, -0.2) is 35.0 Å². The van der Waals surface area contributed by atoms with Crippen molar-refractivity contribution in [3.8, 4) is 0 Å². The van der Waals surface area contributed by atoms with Gasteiger partial charge in [-0.2, -0.15) is 0 Å². The lowest BCUT2D eigenvalue weighted by Crippen LogP contribution is -2.30. The number of aliphatic hydroxyl groups excluding tert-OH is 1. The van der Waals surface area contributed by atoms with Crippen LogP contribution >= 0.6 is 0 Å². The molecule has 4 nitrogen and oxygen atoms in total. The van der Waals surface area contributed by atoms with E-state index in [-0.39, 0.29) is 18.4 Å². The Morgan fingerprint density at radius 2 is 1.68 bits per heavy atom. The zero-order valence-corrected chi connectivity index (χ0v) is 11.2. The highest BCUT2D eigenvalue weighted by molar-refractivity contribution is 6.21. The van der Waals surface area contributed by atoms with Crippen LogP contribution < -0.4 is 0 Å². The van der Waals surface area contributed by atoms with Crippen LogP contribution in [0.25, 0.3) is 0 Å². The van der Waals surface area contributed by atoms with Gasteiger partial charge in [-0.15, -0.1) is 0 Å². The Balaban J connectivity index is 1.98. The van der Waals surface area contributed by atoms with E-state index in [1.165, 1.54) is 4.90 Å². The molecule has 1 aromatic rings. The van der Waals surface area contributed by atoms with Crippen LogP contribution in [0.1, 0.15) is 52.0 Å². The maximum atomic E-state index is 12.1. The van der Waals surface area contributed by atoms with E-state index in [4.69, 9.17) is 5.11 Å². The molecule has 0 saturated carbocycles. The van der Waals surface area contributed by atoms with Crippen LogP contribution in [0.3, 0.4) is 0 Å². The number of rotatable bonds is 6. The minimum absolute atomic E-state index is 0.175. The number of aryl methyl sites for hydroxylation is 1. The van der Waals surface area contributed by atoms with Crippen molar-refractivity contribution in [1.29, 1.82) is 0 Å². The molecule has 1 aromatic carbocycles. The van der Waals surface area contributed by atoms with Gasteiger partial charge >= 0.3 is 0 Å². The van der Waals surface area contributed by atoms with Gasteiger partial charge in [0.15, 0.2) is 0 Å². The van der Waals surface area contributed by atoms with Gasteiger partial charge in [0.2, 0.25) is 0 Å². The Kier molecular flexibility index (Phi) is 4.32. The molecule has 2 rings (SSSR count). The number of unbranched alkanes of at least 4 members (excludes halogenated alkanes) is 3. The first-order valence-electron chi connectivity index (χ1n) is 6.73. The highest BCUT2D eigenvalue weighted by atomic mass is 16.3. The number of aliphatic hydroxyl groups is 1. The number of carbonyl (C=O) groups is 2. The second-order valence-electron chi connectivity index (χ2n) is 4.95. The highest BCUT2D eigenvalue weighted by Crippen LogP contribution is 2.24. The number of amides is 2. The molecule has 2 amide bonds. The number of fused-ring (bicyclic) bond motifs is 1. The summed E-state index contributed by atoms with van der Waals surface area (Å²) in [5.74, 6) is -0.354. The molecule has 1 N–H and O–H groups in total. The summed E-state index contributed by atoms with van der Waals surface area (Å²) in [6.07, 6.45) is 3.43. The molecule has 0 aliphatic carbocycles. The SMILES string of the molecule is Cc1ccc2c(c1)C(=O)N(CCCCCCO)C2=O. The highest BCUT2D eigenvalue weighted by Gasteiger charge is 2.34. The third-order valence-corrected chi connectivity index (χ3v) is 3.42. The molecule has 1 aliphatic rings. The average Bonchev–Trinajstić information content (AvgIpc) is 2.63. The molecule has 0 unspecified atom stereocenters. The Hall–Kier alpha value is -1.68. The van der Waals surface area contributed by atoms with E-state index in [1.807, 2.05) is 13.0 Å². The quantitative estimate of drug-likeness (QED) is 0.630. The van der Waals surface area contributed by atoms with E-state index >= 15 is 0 Å². The van der Waals surface area contributed by atoms with Gasteiger partial charge in [-0.1, -0.05) is 24.5 Å². The molecule has 19 heavy (non-hydrogen) atoms. The second kappa shape index (κ2) is 5.97. The van der Waals surface area contributed by atoms with Gasteiger partial charge in [0, 0.05) is 13.2 Å². The maximum Gasteiger partial charge on any atom is 0.261 e. The molecule has 0 bridgehead atoms. The van der Waals surface area contributed by atoms with Crippen LogP contribution in [0.2, 0.25) is 0 Å². The summed E-state index contributed by atoms with van der Waals surface area (Å²) >= 11 is 0. The first-order chi connectivity index (χ1) is 9.15. The topological polar surface area (TPSA) is 57.6 Å². The predicted molar refractivity (Wildman–Crippen MR) is 72.1 cm³/mol. The number of imide groups is 1. The predicted octanol–water partition coefficient (Wildman–Crippen LogP) is 2.14. The van der Waals surface area contributed by atoms with E-state index in [0.29, 0.717) is 17.7 Å². The fourth-order valence-electron chi connectivity index (χ4n) is 2.34. The Morgan fingerprint density at radius 1 is 1.00 bits per heavy atom. The van der Waals surface area contributed by atoms with Crippen LogP contribution in [-0.2, 0) is 0 Å². The molecule has 4 heteroatoms. The minimum Gasteiger partial charge on any atom is -0.396 e. The van der Waals surface area contributed by atoms with E-state index < -0.39 is 0 Å². The zero-order chi connectivity index (χ0) is 13.8. The van der Waals surface area contributed by atoms with Crippen molar-refractivity contribution in [3.63, 3.8) is 0 Å². The lowest BCUT2D eigenvalue weighted by molar-refractivity contribution is 0.0651. The van der Waals surface area contributed by atoms with Crippen LogP contribution in [0.5, 0.6) is 0 Å². The molecule has 0 saturated heterocycles. The van der Waals surface area contributed by atoms with Crippen molar-refractivity contribution in [2.75, 3.05) is 13.2 Å². The average molecular weight is 261 g/mol. The Morgan fingerprint density at radius 3 is 2.42 bits per heavy atom. The lowest BCUT2D eigenvalue weighted by Gasteiger charge is -2.13. The van der Waals surface area contributed by atoms with E-state index in [9.17, 15) is 9.59 Å². The molecule has 0 aromatic heterocycles. The first-order valence-corrected chi connectivity index (χ1v) is 6.73. The zero-order valence-electron chi connectivity index (χ0n) is 11.2. The summed E-state index contributed by atoms with van der Waals surface area (Å²) in [4.78, 5) is 25.6. The summed E-state index contributed by atoms with van der Waals surface area (Å²) in [6.45, 7) is 2.58. The number of benzene rings is 1. The lowest BCUT2D eigenvalue weighted by atomic mass is 10.1. The Bertz CT molecular complexity index is 496.